The molecule has 1 aromatic rings. The summed E-state index contributed by atoms with van der Waals surface area (Å²) in [6.45, 7) is 14.2. The molecule has 0 saturated carbocycles. The van der Waals surface area contributed by atoms with Crippen molar-refractivity contribution in [1.29, 1.82) is 0 Å². The number of amides is 2. The van der Waals surface area contributed by atoms with Crippen LogP contribution in [0.4, 0.5) is 11.4 Å². The predicted octanol–water partition coefficient (Wildman–Crippen LogP) is 3.82. The van der Waals surface area contributed by atoms with Gasteiger partial charge in [-0.1, -0.05) is 6.92 Å². The van der Waals surface area contributed by atoms with Crippen LogP contribution in [-0.4, -0.2) is 42.4 Å². The van der Waals surface area contributed by atoms with Gasteiger partial charge in [0.2, 0.25) is 11.8 Å². The van der Waals surface area contributed by atoms with E-state index >= 15 is 0 Å². The topological polar surface area (TPSA) is 52.7 Å². The lowest BCUT2D eigenvalue weighted by Crippen LogP contribution is -2.38. The molecule has 5 heteroatoms. The van der Waals surface area contributed by atoms with Crippen LogP contribution in [0, 0.1) is 6.92 Å². The molecule has 140 valence electrons. The fourth-order valence-electron chi connectivity index (χ4n) is 2.92. The van der Waals surface area contributed by atoms with Crippen LogP contribution < -0.4 is 10.2 Å². The summed E-state index contributed by atoms with van der Waals surface area (Å²) in [5.74, 6) is -0.0462. The summed E-state index contributed by atoms with van der Waals surface area (Å²) in [5.41, 5.74) is 3.04. The van der Waals surface area contributed by atoms with Crippen molar-refractivity contribution < 1.29 is 9.59 Å². The number of nitrogens with one attached hydrogen (secondary N) is 1. The van der Waals surface area contributed by atoms with Gasteiger partial charge in [-0.25, -0.2) is 0 Å². The number of carbonyl (C=O) groups excluding carboxylic acids is 2. The minimum Gasteiger partial charge on any atom is -0.372 e. The number of hydrogen-bond donors (Lipinski definition) is 1. The standard InChI is InChI=1S/C20H33N3O2/c1-7-16(5)23(17(6)24)13-12-20(25)21-19-11-10-18(14-15(19)4)22(8-2)9-3/h10-11,14,16H,7-9,12-13H2,1-6H3,(H,21,25). The number of nitrogens with zero attached hydrogens (tertiary/aromatic N) is 2. The molecule has 2 amide bonds. The van der Waals surface area contributed by atoms with Crippen LogP contribution in [0.25, 0.3) is 0 Å². The van der Waals surface area contributed by atoms with Crippen molar-refractivity contribution in [3.63, 3.8) is 0 Å². The fraction of sp³-hybridized carbons (Fsp3) is 0.600. The molecule has 0 saturated heterocycles. The molecule has 0 radical (unpaired) electrons. The van der Waals surface area contributed by atoms with Crippen LogP contribution >= 0.6 is 0 Å². The van der Waals surface area contributed by atoms with Gasteiger partial charge in [-0.3, -0.25) is 9.59 Å². The molecule has 0 spiro atoms. The molecule has 1 rings (SSSR count). The first-order chi connectivity index (χ1) is 11.8. The van der Waals surface area contributed by atoms with Crippen molar-refractivity contribution in [3.8, 4) is 0 Å². The van der Waals surface area contributed by atoms with Crippen molar-refractivity contribution in [2.24, 2.45) is 0 Å². The molecule has 0 fully saturated rings. The first-order valence-corrected chi connectivity index (χ1v) is 9.26. The number of hydrogen-bond acceptors (Lipinski definition) is 3. The van der Waals surface area contributed by atoms with Crippen LogP contribution in [-0.2, 0) is 9.59 Å². The minimum absolute atomic E-state index is 0.0157. The number of benzene rings is 1. The molecule has 5 nitrogen and oxygen atoms in total. The molecule has 1 N–H and O–H groups in total. The van der Waals surface area contributed by atoms with Crippen molar-refractivity contribution in [2.45, 2.75) is 60.4 Å². The lowest BCUT2D eigenvalue weighted by molar-refractivity contribution is -0.131. The first kappa shape index (κ1) is 21.0. The normalized spacial score (nSPS) is 11.8. The monoisotopic (exact) mass is 347 g/mol. The maximum atomic E-state index is 12.3. The van der Waals surface area contributed by atoms with Crippen LogP contribution in [0.5, 0.6) is 0 Å². The summed E-state index contributed by atoms with van der Waals surface area (Å²) >= 11 is 0. The van der Waals surface area contributed by atoms with E-state index in [0.29, 0.717) is 13.0 Å². The Morgan fingerprint density at radius 3 is 2.28 bits per heavy atom. The lowest BCUT2D eigenvalue weighted by Gasteiger charge is -2.27. The summed E-state index contributed by atoms with van der Waals surface area (Å²) in [6, 6.07) is 6.25. The number of rotatable bonds is 9. The van der Waals surface area contributed by atoms with Gasteiger partial charge in [-0.05, 0) is 57.9 Å². The second kappa shape index (κ2) is 10.1. The quantitative estimate of drug-likeness (QED) is 0.739. The van der Waals surface area contributed by atoms with Gasteiger partial charge >= 0.3 is 0 Å². The van der Waals surface area contributed by atoms with E-state index in [0.717, 1.165) is 30.8 Å². The highest BCUT2D eigenvalue weighted by molar-refractivity contribution is 5.92. The first-order valence-electron chi connectivity index (χ1n) is 9.26. The largest absolute Gasteiger partial charge is 0.372 e. The Hall–Kier alpha value is -2.04. The SMILES string of the molecule is CCC(C)N(CCC(=O)Nc1ccc(N(CC)CC)cc1C)C(C)=O. The Bertz CT molecular complexity index is 582. The molecule has 0 bridgehead atoms. The van der Waals surface area contributed by atoms with Crippen LogP contribution in [0.2, 0.25) is 0 Å². The molecular formula is C20H33N3O2. The smallest absolute Gasteiger partial charge is 0.226 e. The van der Waals surface area contributed by atoms with E-state index in [4.69, 9.17) is 0 Å². The highest BCUT2D eigenvalue weighted by Gasteiger charge is 2.16. The van der Waals surface area contributed by atoms with Gasteiger partial charge < -0.3 is 15.1 Å². The molecule has 1 atom stereocenters. The highest BCUT2D eigenvalue weighted by Crippen LogP contribution is 2.22. The van der Waals surface area contributed by atoms with Crippen molar-refractivity contribution in [2.75, 3.05) is 29.9 Å². The van der Waals surface area contributed by atoms with E-state index in [2.05, 4.69) is 30.1 Å². The number of carbonyl (C=O) groups is 2. The Morgan fingerprint density at radius 2 is 1.80 bits per heavy atom. The Morgan fingerprint density at radius 1 is 1.16 bits per heavy atom. The summed E-state index contributed by atoms with van der Waals surface area (Å²) in [4.78, 5) is 28.0. The highest BCUT2D eigenvalue weighted by atomic mass is 16.2. The van der Waals surface area contributed by atoms with E-state index in [1.807, 2.05) is 32.9 Å². The second-order valence-corrected chi connectivity index (χ2v) is 6.44. The predicted molar refractivity (Wildman–Crippen MR) is 105 cm³/mol. The zero-order valence-corrected chi connectivity index (χ0v) is 16.6. The average Bonchev–Trinajstić information content (AvgIpc) is 2.57. The molecule has 0 aliphatic rings. The lowest BCUT2D eigenvalue weighted by atomic mass is 10.1. The third-order valence-corrected chi connectivity index (χ3v) is 4.72. The van der Waals surface area contributed by atoms with Gasteiger partial charge in [0.05, 0.1) is 0 Å². The van der Waals surface area contributed by atoms with Crippen LogP contribution in [0.3, 0.4) is 0 Å². The van der Waals surface area contributed by atoms with E-state index < -0.39 is 0 Å². The van der Waals surface area contributed by atoms with Gasteiger partial charge in [-0.2, -0.15) is 0 Å². The molecule has 1 unspecified atom stereocenters. The van der Waals surface area contributed by atoms with Crippen LogP contribution in [0.1, 0.15) is 53.0 Å². The third kappa shape index (κ3) is 6.07. The Labute approximate surface area is 152 Å². The maximum Gasteiger partial charge on any atom is 0.226 e. The summed E-state index contributed by atoms with van der Waals surface area (Å²) < 4.78 is 0. The molecule has 1 aromatic carbocycles. The van der Waals surface area contributed by atoms with Crippen molar-refractivity contribution >= 4 is 23.2 Å². The molecule has 25 heavy (non-hydrogen) atoms. The zero-order chi connectivity index (χ0) is 19.0. The van der Waals surface area contributed by atoms with E-state index in [1.165, 1.54) is 5.69 Å². The second-order valence-electron chi connectivity index (χ2n) is 6.44. The van der Waals surface area contributed by atoms with Crippen LogP contribution in [0.15, 0.2) is 18.2 Å². The maximum absolute atomic E-state index is 12.3. The van der Waals surface area contributed by atoms with Gasteiger partial charge in [0.25, 0.3) is 0 Å². The van der Waals surface area contributed by atoms with Gasteiger partial charge in [-0.15, -0.1) is 0 Å². The van der Waals surface area contributed by atoms with Crippen molar-refractivity contribution in [1.82, 2.24) is 4.90 Å². The summed E-state index contributed by atoms with van der Waals surface area (Å²) in [5, 5.41) is 2.97. The van der Waals surface area contributed by atoms with Gasteiger partial charge in [0, 0.05) is 50.4 Å². The molecular weight excluding hydrogens is 314 g/mol. The average molecular weight is 348 g/mol. The Kier molecular flexibility index (Phi) is 8.46. The minimum atomic E-state index is -0.0618. The Balaban J connectivity index is 2.69. The van der Waals surface area contributed by atoms with Gasteiger partial charge in [0.1, 0.15) is 0 Å². The third-order valence-electron chi connectivity index (χ3n) is 4.72. The van der Waals surface area contributed by atoms with E-state index in [-0.39, 0.29) is 17.9 Å². The summed E-state index contributed by atoms with van der Waals surface area (Å²) in [7, 11) is 0. The van der Waals surface area contributed by atoms with E-state index in [9.17, 15) is 9.59 Å². The summed E-state index contributed by atoms with van der Waals surface area (Å²) in [6.07, 6.45) is 1.19. The number of anilines is 2. The fourth-order valence-corrected chi connectivity index (χ4v) is 2.92. The molecule has 0 heterocycles. The van der Waals surface area contributed by atoms with E-state index in [1.54, 1.807) is 11.8 Å². The van der Waals surface area contributed by atoms with Crippen molar-refractivity contribution in [3.05, 3.63) is 23.8 Å². The molecule has 0 aromatic heterocycles. The van der Waals surface area contributed by atoms with Gasteiger partial charge in [0.15, 0.2) is 0 Å². The zero-order valence-electron chi connectivity index (χ0n) is 16.6. The molecule has 0 aliphatic heterocycles. The number of aryl methyl sites for hydroxylation is 1. The molecule has 0 aliphatic carbocycles.